The van der Waals surface area contributed by atoms with Crippen LogP contribution in [-0.4, -0.2) is 35.6 Å². The van der Waals surface area contributed by atoms with Gasteiger partial charge < -0.3 is 14.4 Å². The van der Waals surface area contributed by atoms with Gasteiger partial charge in [-0.1, -0.05) is 82.5 Å². The molecule has 0 aliphatic carbocycles. The van der Waals surface area contributed by atoms with Crippen LogP contribution < -0.4 is 24.4 Å². The van der Waals surface area contributed by atoms with Crippen LogP contribution in [0.2, 0.25) is 15.1 Å². The number of likely N-dealkylation sites (N-methyl/N-ethyl adjacent to an activating group) is 1. The molecule has 0 N–H and O–H groups in total. The summed E-state index contributed by atoms with van der Waals surface area (Å²) in [5.41, 5.74) is 2.76. The highest BCUT2D eigenvalue weighted by molar-refractivity contribution is 7.07. The Kier molecular flexibility index (Phi) is 9.99. The van der Waals surface area contributed by atoms with Crippen LogP contribution in [0.4, 0.5) is 0 Å². The molecule has 0 bridgehead atoms. The number of hydrogen-bond acceptors (Lipinski definition) is 6. The minimum Gasteiger partial charge on any atom is -0.496 e. The minimum atomic E-state index is -0.792. The third-order valence-corrected chi connectivity index (χ3v) is 10.2. The maximum Gasteiger partial charge on any atom is 0.271 e. The minimum absolute atomic E-state index is 0.177. The number of halogens is 3. The summed E-state index contributed by atoms with van der Waals surface area (Å²) < 4.78 is 14.1. The second-order valence-electron chi connectivity index (χ2n) is 11.2. The second kappa shape index (κ2) is 14.2. The predicted octanol–water partition coefficient (Wildman–Crippen LogP) is 7.80. The lowest BCUT2D eigenvalue weighted by molar-refractivity contribution is -0.127. The molecule has 0 saturated carbocycles. The van der Waals surface area contributed by atoms with Gasteiger partial charge in [0.15, 0.2) is 4.80 Å². The van der Waals surface area contributed by atoms with Crippen LogP contribution in [0, 0.1) is 0 Å². The molecule has 0 saturated heterocycles. The van der Waals surface area contributed by atoms with Crippen molar-refractivity contribution in [1.29, 1.82) is 0 Å². The van der Waals surface area contributed by atoms with E-state index in [0.29, 0.717) is 65.8 Å². The van der Waals surface area contributed by atoms with Gasteiger partial charge in [-0.3, -0.25) is 14.2 Å². The van der Waals surface area contributed by atoms with Gasteiger partial charge in [-0.2, -0.15) is 0 Å². The molecule has 4 aromatic carbocycles. The van der Waals surface area contributed by atoms with E-state index in [9.17, 15) is 9.59 Å². The van der Waals surface area contributed by atoms with Gasteiger partial charge in [0, 0.05) is 44.8 Å². The van der Waals surface area contributed by atoms with Gasteiger partial charge in [-0.15, -0.1) is 0 Å². The summed E-state index contributed by atoms with van der Waals surface area (Å²) in [6.07, 6.45) is 1.75. The molecule has 7 nitrogen and oxygen atoms in total. The van der Waals surface area contributed by atoms with E-state index in [0.717, 1.165) is 21.9 Å². The molecule has 6 rings (SSSR count). The van der Waals surface area contributed by atoms with Gasteiger partial charge in [0.1, 0.15) is 24.1 Å². The molecule has 0 fully saturated rings. The lowest BCUT2D eigenvalue weighted by atomic mass is 9.90. The monoisotopic (exact) mass is 719 g/mol. The number of amides is 1. The fourth-order valence-corrected chi connectivity index (χ4v) is 7.67. The van der Waals surface area contributed by atoms with E-state index in [2.05, 4.69) is 0 Å². The largest absolute Gasteiger partial charge is 0.496 e. The van der Waals surface area contributed by atoms with Gasteiger partial charge >= 0.3 is 0 Å². The van der Waals surface area contributed by atoms with Crippen molar-refractivity contribution < 1.29 is 14.3 Å². The van der Waals surface area contributed by atoms with Gasteiger partial charge in [-0.25, -0.2) is 4.99 Å². The quantitative estimate of drug-likeness (QED) is 0.156. The third kappa shape index (κ3) is 6.38. The van der Waals surface area contributed by atoms with Crippen molar-refractivity contribution in [2.45, 2.75) is 33.4 Å². The first-order chi connectivity index (χ1) is 23.1. The predicted molar refractivity (Wildman–Crippen MR) is 194 cm³/mol. The highest BCUT2D eigenvalue weighted by Crippen LogP contribution is 2.40. The first-order valence-corrected chi connectivity index (χ1v) is 17.3. The van der Waals surface area contributed by atoms with Crippen molar-refractivity contribution in [2.24, 2.45) is 4.99 Å². The fraction of sp³-hybridized carbons (Fsp3) is 0.216. The normalized spacial score (nSPS) is 14.6. The van der Waals surface area contributed by atoms with E-state index in [1.54, 1.807) is 59.1 Å². The smallest absolute Gasteiger partial charge is 0.271 e. The molecule has 48 heavy (non-hydrogen) atoms. The van der Waals surface area contributed by atoms with Crippen molar-refractivity contribution in [3.05, 3.63) is 136 Å². The highest BCUT2D eigenvalue weighted by Gasteiger charge is 2.36. The van der Waals surface area contributed by atoms with Crippen molar-refractivity contribution in [2.75, 3.05) is 20.2 Å². The maximum absolute atomic E-state index is 14.6. The Hall–Kier alpha value is -4.08. The van der Waals surface area contributed by atoms with Gasteiger partial charge in [-0.05, 0) is 74.0 Å². The molecule has 1 aliphatic heterocycles. The first-order valence-electron chi connectivity index (χ1n) is 15.4. The highest BCUT2D eigenvalue weighted by atomic mass is 35.5. The molecule has 5 aromatic rings. The Morgan fingerprint density at radius 3 is 2.42 bits per heavy atom. The van der Waals surface area contributed by atoms with Crippen molar-refractivity contribution >= 4 is 68.9 Å². The third-order valence-electron chi connectivity index (χ3n) is 8.38. The summed E-state index contributed by atoms with van der Waals surface area (Å²) in [6.45, 7) is 6.89. The van der Waals surface area contributed by atoms with Crippen LogP contribution >= 0.6 is 46.1 Å². The number of methoxy groups -OCH3 is 1. The number of thiazole rings is 1. The lowest BCUT2D eigenvalue weighted by Crippen LogP contribution is -2.43. The lowest BCUT2D eigenvalue weighted by Gasteiger charge is -2.30. The zero-order valence-electron chi connectivity index (χ0n) is 26.7. The molecule has 0 unspecified atom stereocenters. The second-order valence-corrected chi connectivity index (χ2v) is 13.5. The summed E-state index contributed by atoms with van der Waals surface area (Å²) in [7, 11) is 1.59. The van der Waals surface area contributed by atoms with E-state index < -0.39 is 6.04 Å². The maximum atomic E-state index is 14.6. The number of aromatic nitrogens is 1. The Bertz CT molecular complexity index is 2270. The number of rotatable bonds is 9. The van der Waals surface area contributed by atoms with Crippen LogP contribution in [0.5, 0.6) is 11.5 Å². The van der Waals surface area contributed by atoms with Crippen LogP contribution in [0.1, 0.15) is 43.5 Å². The Morgan fingerprint density at radius 1 is 0.979 bits per heavy atom. The summed E-state index contributed by atoms with van der Waals surface area (Å²) in [6, 6.07) is 21.4. The van der Waals surface area contributed by atoms with Gasteiger partial charge in [0.25, 0.3) is 11.5 Å². The van der Waals surface area contributed by atoms with E-state index >= 15 is 0 Å². The molecule has 246 valence electrons. The van der Waals surface area contributed by atoms with Gasteiger partial charge in [0.2, 0.25) is 0 Å². The number of carbonyl (C=O) groups excluding carboxylic acids is 1. The molecular weight excluding hydrogens is 689 g/mol. The van der Waals surface area contributed by atoms with Crippen LogP contribution in [-0.2, 0) is 11.4 Å². The van der Waals surface area contributed by atoms with Crippen LogP contribution in [0.3, 0.4) is 0 Å². The number of benzene rings is 4. The topological polar surface area (TPSA) is 73.1 Å². The molecule has 11 heteroatoms. The van der Waals surface area contributed by atoms with Crippen molar-refractivity contribution in [3.8, 4) is 11.5 Å². The average Bonchev–Trinajstić information content (AvgIpc) is 3.38. The van der Waals surface area contributed by atoms with Crippen LogP contribution in [0.25, 0.3) is 16.8 Å². The number of allylic oxidation sites excluding steroid dienone is 1. The zero-order valence-corrected chi connectivity index (χ0v) is 29.8. The zero-order chi connectivity index (χ0) is 34.1. The Morgan fingerprint density at radius 2 is 1.69 bits per heavy atom. The van der Waals surface area contributed by atoms with E-state index in [1.807, 2.05) is 57.2 Å². The van der Waals surface area contributed by atoms with E-state index in [1.165, 1.54) is 11.3 Å². The molecule has 2 heterocycles. The summed E-state index contributed by atoms with van der Waals surface area (Å²) in [5.74, 6) is 0.901. The standard InChI is InChI=1S/C37H32Cl3N3O4S/c1-5-42(6-2)36(45)32-21(3)41-37-43(34(32)33-27-10-8-7-9-22(27)12-15-30(33)46-4)35(44)31(48-37)18-24-17-25(38)14-16-29(24)47-20-23-11-13-26(39)19-28(23)40/h7-19,34H,5-6,20H2,1-4H3/b31-18+/t34-/m1/s1. The van der Waals surface area contributed by atoms with E-state index in [4.69, 9.17) is 49.3 Å². The average molecular weight is 721 g/mol. The number of ether oxygens (including phenoxy) is 2. The Balaban J connectivity index is 1.55. The van der Waals surface area contributed by atoms with Crippen LogP contribution in [0.15, 0.2) is 93.9 Å². The number of nitrogens with zero attached hydrogens (tertiary/aromatic N) is 3. The molecular formula is C37H32Cl3N3O4S. The van der Waals surface area contributed by atoms with Crippen molar-refractivity contribution in [3.63, 3.8) is 0 Å². The van der Waals surface area contributed by atoms with Gasteiger partial charge in [0.05, 0.1) is 22.9 Å². The fourth-order valence-electron chi connectivity index (χ4n) is 5.98. The number of hydrogen-bond donors (Lipinski definition) is 0. The number of carbonyl (C=O) groups is 1. The SMILES string of the molecule is CCN(CC)C(=O)C1=C(C)N=c2s/c(=C/c3cc(Cl)ccc3OCc3ccc(Cl)cc3Cl)c(=O)n2[C@H]1c1c(OC)ccc2ccccc12. The number of fused-ring (bicyclic) bond motifs is 2. The molecule has 1 amide bonds. The molecule has 0 spiro atoms. The Labute approximate surface area is 296 Å². The molecule has 0 radical (unpaired) electrons. The summed E-state index contributed by atoms with van der Waals surface area (Å²) in [5, 5.41) is 3.33. The van der Waals surface area contributed by atoms with E-state index in [-0.39, 0.29) is 18.1 Å². The van der Waals surface area contributed by atoms with Crippen molar-refractivity contribution in [1.82, 2.24) is 9.47 Å². The summed E-state index contributed by atoms with van der Waals surface area (Å²) in [4.78, 5) is 35.8. The first kappa shape index (κ1) is 33.8. The molecule has 1 aromatic heterocycles. The molecule has 1 atom stereocenters. The summed E-state index contributed by atoms with van der Waals surface area (Å²) >= 11 is 20.1. The molecule has 1 aliphatic rings.